The van der Waals surface area contributed by atoms with Gasteiger partial charge in [-0.3, -0.25) is 4.79 Å². The molecule has 1 aliphatic heterocycles. The van der Waals surface area contributed by atoms with Crippen molar-refractivity contribution in [1.29, 1.82) is 0 Å². The van der Waals surface area contributed by atoms with Gasteiger partial charge in [-0.25, -0.2) is 9.97 Å². The highest BCUT2D eigenvalue weighted by Crippen LogP contribution is 2.24. The number of carbonyl (C=O) groups is 1. The van der Waals surface area contributed by atoms with Crippen LogP contribution in [0.15, 0.2) is 42.5 Å². The van der Waals surface area contributed by atoms with E-state index in [0.29, 0.717) is 24.4 Å². The molecule has 25 heavy (non-hydrogen) atoms. The molecule has 3 aromatic rings. The molecule has 1 amide bonds. The van der Waals surface area contributed by atoms with E-state index in [2.05, 4.69) is 11.1 Å². The first kappa shape index (κ1) is 15.6. The second kappa shape index (κ2) is 6.16. The summed E-state index contributed by atoms with van der Waals surface area (Å²) in [7, 11) is 1.60. The largest absolute Gasteiger partial charge is 0.497 e. The van der Waals surface area contributed by atoms with Crippen molar-refractivity contribution >= 4 is 16.9 Å². The van der Waals surface area contributed by atoms with Crippen molar-refractivity contribution in [2.45, 2.75) is 19.9 Å². The third-order valence-electron chi connectivity index (χ3n) is 4.57. The number of aromatic nitrogens is 2. The van der Waals surface area contributed by atoms with Crippen LogP contribution in [-0.2, 0) is 13.0 Å². The Balaban J connectivity index is 1.63. The fourth-order valence-corrected chi connectivity index (χ4v) is 3.22. The Kier molecular flexibility index (Phi) is 3.84. The lowest BCUT2D eigenvalue weighted by Crippen LogP contribution is -2.36. The van der Waals surface area contributed by atoms with E-state index in [0.717, 1.165) is 34.4 Å². The zero-order chi connectivity index (χ0) is 17.4. The number of carbonyl (C=O) groups excluding carboxylic acids is 1. The molecule has 0 aliphatic carbocycles. The number of ether oxygens (including phenoxy) is 1. The zero-order valence-corrected chi connectivity index (χ0v) is 14.3. The molecule has 0 radical (unpaired) electrons. The lowest BCUT2D eigenvalue weighted by Gasteiger charge is -2.28. The summed E-state index contributed by atoms with van der Waals surface area (Å²) < 4.78 is 5.22. The van der Waals surface area contributed by atoms with Crippen LogP contribution in [-0.4, -0.2) is 34.4 Å². The first-order chi connectivity index (χ1) is 12.1. The average Bonchev–Trinajstić information content (AvgIpc) is 2.65. The van der Waals surface area contributed by atoms with Gasteiger partial charge < -0.3 is 9.64 Å². The predicted molar refractivity (Wildman–Crippen MR) is 95.7 cm³/mol. The molecule has 5 heteroatoms. The minimum atomic E-state index is 0.0201. The first-order valence-electron chi connectivity index (χ1n) is 8.33. The zero-order valence-electron chi connectivity index (χ0n) is 14.3. The third-order valence-corrected chi connectivity index (χ3v) is 4.57. The van der Waals surface area contributed by atoms with E-state index >= 15 is 0 Å². The number of pyridine rings is 2. The van der Waals surface area contributed by atoms with Gasteiger partial charge >= 0.3 is 0 Å². The van der Waals surface area contributed by atoms with Gasteiger partial charge in [0.1, 0.15) is 5.75 Å². The molecule has 0 bridgehead atoms. The van der Waals surface area contributed by atoms with Crippen LogP contribution in [0.5, 0.6) is 5.75 Å². The van der Waals surface area contributed by atoms with Crippen LogP contribution in [0.25, 0.3) is 11.0 Å². The molecule has 1 aromatic carbocycles. The molecule has 0 spiro atoms. The number of methoxy groups -OCH3 is 1. The molecule has 0 N–H and O–H groups in total. The van der Waals surface area contributed by atoms with E-state index < -0.39 is 0 Å². The Labute approximate surface area is 146 Å². The highest BCUT2D eigenvalue weighted by Gasteiger charge is 2.23. The minimum absolute atomic E-state index is 0.0201. The van der Waals surface area contributed by atoms with Crippen molar-refractivity contribution in [2.75, 3.05) is 13.7 Å². The summed E-state index contributed by atoms with van der Waals surface area (Å²) in [6.07, 6.45) is 0.747. The molecule has 0 saturated carbocycles. The van der Waals surface area contributed by atoms with Gasteiger partial charge in [0.05, 0.1) is 7.11 Å². The maximum atomic E-state index is 12.8. The molecule has 0 fully saturated rings. The van der Waals surface area contributed by atoms with Crippen molar-refractivity contribution in [2.24, 2.45) is 0 Å². The van der Waals surface area contributed by atoms with E-state index in [1.54, 1.807) is 13.2 Å². The lowest BCUT2D eigenvalue weighted by molar-refractivity contribution is 0.0733. The second-order valence-corrected chi connectivity index (χ2v) is 6.30. The number of nitrogens with zero attached hydrogens (tertiary/aromatic N) is 3. The predicted octanol–water partition coefficient (Wildman–Crippen LogP) is 3.15. The molecular weight excluding hydrogens is 314 g/mol. The van der Waals surface area contributed by atoms with E-state index in [1.807, 2.05) is 42.2 Å². The van der Waals surface area contributed by atoms with Gasteiger partial charge in [0.2, 0.25) is 0 Å². The van der Waals surface area contributed by atoms with Crippen LogP contribution in [0.2, 0.25) is 0 Å². The van der Waals surface area contributed by atoms with Gasteiger partial charge in [-0.05, 0) is 48.9 Å². The molecule has 5 nitrogen and oxygen atoms in total. The maximum Gasteiger partial charge on any atom is 0.254 e. The van der Waals surface area contributed by atoms with Crippen molar-refractivity contribution in [3.05, 3.63) is 65.0 Å². The Morgan fingerprint density at radius 1 is 1.16 bits per heavy atom. The molecule has 0 unspecified atom stereocenters. The summed E-state index contributed by atoms with van der Waals surface area (Å²) in [4.78, 5) is 23.9. The number of hydrogen-bond donors (Lipinski definition) is 0. The fourth-order valence-electron chi connectivity index (χ4n) is 3.22. The monoisotopic (exact) mass is 333 g/mol. The van der Waals surface area contributed by atoms with E-state index in [-0.39, 0.29) is 5.91 Å². The molecule has 0 atom stereocenters. The number of rotatable bonds is 2. The molecule has 1 aliphatic rings. The van der Waals surface area contributed by atoms with Crippen LogP contribution in [0.1, 0.15) is 27.3 Å². The summed E-state index contributed by atoms with van der Waals surface area (Å²) in [5.74, 6) is 0.712. The highest BCUT2D eigenvalue weighted by molar-refractivity contribution is 5.94. The fraction of sp³-hybridized carbons (Fsp3) is 0.250. The van der Waals surface area contributed by atoms with Crippen LogP contribution >= 0.6 is 0 Å². The van der Waals surface area contributed by atoms with Crippen molar-refractivity contribution in [3.8, 4) is 5.75 Å². The molecule has 0 saturated heterocycles. The molecule has 4 rings (SSSR count). The van der Waals surface area contributed by atoms with Crippen LogP contribution in [0.4, 0.5) is 0 Å². The number of aryl methyl sites for hydroxylation is 1. The van der Waals surface area contributed by atoms with Gasteiger partial charge in [0, 0.05) is 41.8 Å². The van der Waals surface area contributed by atoms with Crippen LogP contribution < -0.4 is 4.74 Å². The van der Waals surface area contributed by atoms with Crippen LogP contribution in [0, 0.1) is 6.92 Å². The van der Waals surface area contributed by atoms with Crippen molar-refractivity contribution in [1.82, 2.24) is 14.9 Å². The number of fused-ring (bicyclic) bond motifs is 2. The number of amides is 1. The summed E-state index contributed by atoms with van der Waals surface area (Å²) in [5, 5.41) is 1.01. The normalized spacial score (nSPS) is 13.6. The van der Waals surface area contributed by atoms with Gasteiger partial charge in [-0.15, -0.1) is 0 Å². The molecular formula is C20H19N3O2. The third kappa shape index (κ3) is 2.93. The average molecular weight is 333 g/mol. The smallest absolute Gasteiger partial charge is 0.254 e. The van der Waals surface area contributed by atoms with E-state index in [4.69, 9.17) is 9.72 Å². The SMILES string of the molecule is COc1cccc(C(=O)N2CCc3nc4nc(C)ccc4cc3C2)c1. The minimum Gasteiger partial charge on any atom is -0.497 e. The lowest BCUT2D eigenvalue weighted by atomic mass is 10.0. The van der Waals surface area contributed by atoms with Crippen molar-refractivity contribution < 1.29 is 9.53 Å². The van der Waals surface area contributed by atoms with Crippen molar-refractivity contribution in [3.63, 3.8) is 0 Å². The Morgan fingerprint density at radius 2 is 2.04 bits per heavy atom. The summed E-state index contributed by atoms with van der Waals surface area (Å²) >= 11 is 0. The number of hydrogen-bond acceptors (Lipinski definition) is 4. The van der Waals surface area contributed by atoms with Gasteiger partial charge in [0.15, 0.2) is 5.65 Å². The number of benzene rings is 1. The summed E-state index contributed by atoms with van der Waals surface area (Å²) in [5.41, 5.74) is 4.53. The van der Waals surface area contributed by atoms with E-state index in [1.165, 1.54) is 0 Å². The molecule has 3 heterocycles. The standard InChI is InChI=1S/C20H19N3O2/c1-13-6-7-14-10-16-12-23(9-8-18(16)22-19(14)21-13)20(24)15-4-3-5-17(11-15)25-2/h3-7,10-11H,8-9,12H2,1-2H3. The second-order valence-electron chi connectivity index (χ2n) is 6.30. The van der Waals surface area contributed by atoms with Crippen LogP contribution in [0.3, 0.4) is 0 Å². The summed E-state index contributed by atoms with van der Waals surface area (Å²) in [6.45, 7) is 3.20. The van der Waals surface area contributed by atoms with E-state index in [9.17, 15) is 4.79 Å². The van der Waals surface area contributed by atoms with Gasteiger partial charge in [0.25, 0.3) is 5.91 Å². The van der Waals surface area contributed by atoms with Gasteiger partial charge in [-0.1, -0.05) is 6.07 Å². The quantitative estimate of drug-likeness (QED) is 0.723. The summed E-state index contributed by atoms with van der Waals surface area (Å²) in [6, 6.07) is 13.4. The molecule has 126 valence electrons. The van der Waals surface area contributed by atoms with Gasteiger partial charge in [-0.2, -0.15) is 0 Å². The Hall–Kier alpha value is -2.95. The molecule has 2 aromatic heterocycles. The Bertz CT molecular complexity index is 968. The Morgan fingerprint density at radius 3 is 2.88 bits per heavy atom. The maximum absolute atomic E-state index is 12.8. The topological polar surface area (TPSA) is 55.3 Å². The first-order valence-corrected chi connectivity index (χ1v) is 8.33. The highest BCUT2D eigenvalue weighted by atomic mass is 16.5.